The Hall–Kier alpha value is -2.35. The zero-order valence-electron chi connectivity index (χ0n) is 12.3. The van der Waals surface area contributed by atoms with Crippen LogP contribution in [0.25, 0.3) is 10.9 Å². The molecule has 1 fully saturated rings. The topological polar surface area (TPSA) is 15.9 Å². The van der Waals surface area contributed by atoms with Gasteiger partial charge in [0, 0.05) is 11.1 Å². The Labute approximate surface area is 125 Å². The fourth-order valence-electron chi connectivity index (χ4n) is 3.28. The van der Waals surface area contributed by atoms with Crippen LogP contribution in [0.5, 0.6) is 0 Å². The first-order chi connectivity index (χ1) is 10.2. The van der Waals surface area contributed by atoms with E-state index in [1.807, 2.05) is 6.07 Å². The van der Waals surface area contributed by atoms with E-state index in [-0.39, 0.29) is 5.54 Å². The first-order valence-electron chi connectivity index (χ1n) is 7.38. The molecule has 2 heterocycles. The highest BCUT2D eigenvalue weighted by Crippen LogP contribution is 2.54. The molecule has 1 atom stereocenters. The van der Waals surface area contributed by atoms with Gasteiger partial charge in [-0.05, 0) is 38.1 Å². The van der Waals surface area contributed by atoms with Gasteiger partial charge in [0.05, 0.1) is 22.8 Å². The lowest BCUT2D eigenvalue weighted by Gasteiger charge is -2.07. The Morgan fingerprint density at radius 3 is 2.38 bits per heavy atom. The van der Waals surface area contributed by atoms with Gasteiger partial charge < -0.3 is 4.90 Å². The molecule has 0 spiro atoms. The van der Waals surface area contributed by atoms with Crippen molar-refractivity contribution < 1.29 is 0 Å². The van der Waals surface area contributed by atoms with Crippen LogP contribution in [0, 0.1) is 0 Å². The van der Waals surface area contributed by atoms with Crippen LogP contribution < -0.4 is 4.90 Å². The molecule has 1 saturated heterocycles. The number of para-hydroxylation sites is 2. The monoisotopic (exact) mass is 274 g/mol. The number of rotatable bonds is 2. The van der Waals surface area contributed by atoms with Crippen LogP contribution in [-0.2, 0) is 0 Å². The molecule has 1 aromatic heterocycles. The Kier molecular flexibility index (Phi) is 2.55. The van der Waals surface area contributed by atoms with Crippen LogP contribution in [0.2, 0.25) is 0 Å². The summed E-state index contributed by atoms with van der Waals surface area (Å²) in [5.74, 6) is 0. The van der Waals surface area contributed by atoms with Crippen LogP contribution in [0.15, 0.2) is 66.7 Å². The van der Waals surface area contributed by atoms with Gasteiger partial charge in [-0.25, -0.2) is 0 Å². The number of anilines is 1. The van der Waals surface area contributed by atoms with E-state index in [1.54, 1.807) is 0 Å². The maximum absolute atomic E-state index is 4.87. The van der Waals surface area contributed by atoms with Crippen molar-refractivity contribution in [2.45, 2.75) is 25.4 Å². The second-order valence-corrected chi connectivity index (χ2v) is 6.19. The van der Waals surface area contributed by atoms with E-state index in [9.17, 15) is 0 Å². The second-order valence-electron chi connectivity index (χ2n) is 6.19. The van der Waals surface area contributed by atoms with Crippen LogP contribution in [0.3, 0.4) is 0 Å². The van der Waals surface area contributed by atoms with E-state index in [0.29, 0.717) is 6.04 Å². The van der Waals surface area contributed by atoms with Gasteiger partial charge >= 0.3 is 0 Å². The predicted octanol–water partition coefficient (Wildman–Crippen LogP) is 4.57. The van der Waals surface area contributed by atoms with Gasteiger partial charge in [-0.1, -0.05) is 42.5 Å². The van der Waals surface area contributed by atoms with Crippen LogP contribution in [0.1, 0.15) is 25.6 Å². The van der Waals surface area contributed by atoms with Crippen molar-refractivity contribution >= 4 is 16.6 Å². The molecule has 2 nitrogen and oxygen atoms in total. The van der Waals surface area contributed by atoms with Crippen molar-refractivity contribution in [1.29, 1.82) is 0 Å². The molecule has 3 aromatic rings. The van der Waals surface area contributed by atoms with Gasteiger partial charge in [0.2, 0.25) is 0 Å². The van der Waals surface area contributed by atoms with Crippen molar-refractivity contribution in [3.8, 4) is 0 Å². The number of aromatic nitrogens is 1. The summed E-state index contributed by atoms with van der Waals surface area (Å²) in [6, 6.07) is 23.6. The highest BCUT2D eigenvalue weighted by atomic mass is 15.4. The summed E-state index contributed by atoms with van der Waals surface area (Å²) < 4.78 is 0. The Balaban J connectivity index is 1.75. The van der Waals surface area contributed by atoms with Crippen LogP contribution in [-0.4, -0.2) is 10.5 Å². The molecule has 0 saturated carbocycles. The van der Waals surface area contributed by atoms with Gasteiger partial charge in [0.15, 0.2) is 0 Å². The van der Waals surface area contributed by atoms with Crippen molar-refractivity contribution in [2.75, 3.05) is 4.90 Å². The molecular formula is C19H18N2. The third kappa shape index (κ3) is 1.90. The lowest BCUT2D eigenvalue weighted by Crippen LogP contribution is -2.06. The normalized spacial score (nSPS) is 19.7. The lowest BCUT2D eigenvalue weighted by molar-refractivity contribution is 0.759. The van der Waals surface area contributed by atoms with Gasteiger partial charge in [-0.3, -0.25) is 4.98 Å². The number of hydrogen-bond acceptors (Lipinski definition) is 2. The number of nitrogens with zero attached hydrogens (tertiary/aromatic N) is 2. The summed E-state index contributed by atoms with van der Waals surface area (Å²) in [5.41, 5.74) is 3.62. The third-order valence-electron chi connectivity index (χ3n) is 4.42. The summed E-state index contributed by atoms with van der Waals surface area (Å²) >= 11 is 0. The van der Waals surface area contributed by atoms with Crippen molar-refractivity contribution in [3.63, 3.8) is 0 Å². The van der Waals surface area contributed by atoms with E-state index >= 15 is 0 Å². The predicted molar refractivity (Wildman–Crippen MR) is 87.5 cm³/mol. The average molecular weight is 274 g/mol. The van der Waals surface area contributed by atoms with Crippen molar-refractivity contribution in [2.24, 2.45) is 0 Å². The average Bonchev–Trinajstić information content (AvgIpc) is 3.10. The Morgan fingerprint density at radius 2 is 1.57 bits per heavy atom. The maximum Gasteiger partial charge on any atom is 0.0946 e. The summed E-state index contributed by atoms with van der Waals surface area (Å²) in [5, 5.41) is 1.20. The van der Waals surface area contributed by atoms with E-state index in [4.69, 9.17) is 4.98 Å². The molecule has 104 valence electrons. The number of fused-ring (bicyclic) bond motifs is 1. The number of benzene rings is 2. The minimum atomic E-state index is 0.122. The zero-order valence-corrected chi connectivity index (χ0v) is 12.3. The molecule has 1 aliphatic rings. The smallest absolute Gasteiger partial charge is 0.0946 e. The maximum atomic E-state index is 4.87. The minimum Gasteiger partial charge on any atom is -0.353 e. The lowest BCUT2D eigenvalue weighted by atomic mass is 10.1. The molecular weight excluding hydrogens is 256 g/mol. The summed E-state index contributed by atoms with van der Waals surface area (Å²) in [6.07, 6.45) is 0. The van der Waals surface area contributed by atoms with Crippen molar-refractivity contribution in [3.05, 3.63) is 72.4 Å². The van der Waals surface area contributed by atoms with Crippen molar-refractivity contribution in [1.82, 2.24) is 4.98 Å². The van der Waals surface area contributed by atoms with E-state index in [2.05, 4.69) is 79.4 Å². The summed E-state index contributed by atoms with van der Waals surface area (Å²) in [6.45, 7) is 4.56. The SMILES string of the molecule is CC1(C)[C@@H](c2ccc3ccccc3n2)N1c1ccccc1. The standard InChI is InChI=1S/C19H18N2/c1-19(2)18(21(19)15-9-4-3-5-10-15)17-13-12-14-8-6-7-11-16(14)20-17/h3-13,18H,1-2H3/t18-,21?/m1/s1. The highest BCUT2D eigenvalue weighted by molar-refractivity contribution is 5.79. The minimum absolute atomic E-state index is 0.122. The first kappa shape index (κ1) is 12.4. The molecule has 0 aliphatic carbocycles. The van der Waals surface area contributed by atoms with Crippen LogP contribution in [0.4, 0.5) is 5.69 Å². The molecule has 0 amide bonds. The number of hydrogen-bond donors (Lipinski definition) is 0. The van der Waals surface area contributed by atoms with E-state index < -0.39 is 0 Å². The molecule has 0 radical (unpaired) electrons. The molecule has 0 bridgehead atoms. The van der Waals surface area contributed by atoms with E-state index in [1.165, 1.54) is 11.1 Å². The molecule has 2 heteroatoms. The van der Waals surface area contributed by atoms with Gasteiger partial charge in [-0.2, -0.15) is 0 Å². The van der Waals surface area contributed by atoms with Gasteiger partial charge in [0.1, 0.15) is 0 Å². The fraction of sp³-hybridized carbons (Fsp3) is 0.211. The molecule has 0 unspecified atom stereocenters. The first-order valence-corrected chi connectivity index (χ1v) is 7.38. The third-order valence-corrected chi connectivity index (χ3v) is 4.42. The van der Waals surface area contributed by atoms with Gasteiger partial charge in [0.25, 0.3) is 0 Å². The highest BCUT2D eigenvalue weighted by Gasteiger charge is 2.57. The molecule has 4 rings (SSSR count). The molecule has 1 aliphatic heterocycles. The Morgan fingerprint density at radius 1 is 0.857 bits per heavy atom. The summed E-state index contributed by atoms with van der Waals surface area (Å²) in [7, 11) is 0. The number of pyridine rings is 1. The molecule has 2 aromatic carbocycles. The fourth-order valence-corrected chi connectivity index (χ4v) is 3.28. The van der Waals surface area contributed by atoms with E-state index in [0.717, 1.165) is 11.2 Å². The second kappa shape index (κ2) is 4.32. The Bertz CT molecular complexity index is 793. The van der Waals surface area contributed by atoms with Crippen LogP contribution >= 0.6 is 0 Å². The zero-order chi connectivity index (χ0) is 14.4. The largest absolute Gasteiger partial charge is 0.353 e. The summed E-state index contributed by atoms with van der Waals surface area (Å²) in [4.78, 5) is 7.30. The quantitative estimate of drug-likeness (QED) is 0.636. The van der Waals surface area contributed by atoms with Gasteiger partial charge in [-0.15, -0.1) is 0 Å². The molecule has 21 heavy (non-hydrogen) atoms. The molecule has 0 N–H and O–H groups in total.